The van der Waals surface area contributed by atoms with Crippen molar-refractivity contribution >= 4 is 40.7 Å². The summed E-state index contributed by atoms with van der Waals surface area (Å²) < 4.78 is 11.6. The zero-order valence-electron chi connectivity index (χ0n) is 26.3. The molecule has 1 aromatic heterocycles. The molecular weight excluding hydrogens is 562 g/mol. The van der Waals surface area contributed by atoms with Gasteiger partial charge in [-0.05, 0) is 64.2 Å². The predicted molar refractivity (Wildman–Crippen MR) is 166 cm³/mol. The molecule has 1 aromatic carbocycles. The molecule has 1 saturated heterocycles. The second-order valence-corrected chi connectivity index (χ2v) is 12.0. The van der Waals surface area contributed by atoms with E-state index in [1.165, 1.54) is 5.01 Å². The fourth-order valence-electron chi connectivity index (χ4n) is 5.36. The van der Waals surface area contributed by atoms with Crippen molar-refractivity contribution in [3.05, 3.63) is 60.0 Å². The van der Waals surface area contributed by atoms with E-state index in [-0.39, 0.29) is 5.92 Å². The highest BCUT2D eigenvalue weighted by Gasteiger charge is 2.35. The number of hydrazine groups is 1. The lowest BCUT2D eigenvalue weighted by Crippen LogP contribution is -2.61. The van der Waals surface area contributed by atoms with E-state index in [9.17, 15) is 19.2 Å². The number of fused-ring (bicyclic) bond motifs is 4. The Labute approximate surface area is 258 Å². The number of cyclic esters (lactones) is 1. The number of rotatable bonds is 4. The highest BCUT2D eigenvalue weighted by atomic mass is 16.5. The third-order valence-electron chi connectivity index (χ3n) is 7.85. The van der Waals surface area contributed by atoms with Crippen molar-refractivity contribution in [3.63, 3.8) is 0 Å². The Morgan fingerprint density at radius 1 is 1.07 bits per heavy atom. The molecule has 0 aliphatic carbocycles. The lowest BCUT2D eigenvalue weighted by Gasteiger charge is -2.35. The van der Waals surface area contributed by atoms with E-state index in [2.05, 4.69) is 22.6 Å². The number of ether oxygens (including phenoxy) is 2. The van der Waals surface area contributed by atoms with Crippen LogP contribution in [-0.4, -0.2) is 64.5 Å². The van der Waals surface area contributed by atoms with E-state index in [4.69, 9.17) is 14.5 Å². The molecule has 4 rings (SSSR count). The number of hydrogen-bond donors (Lipinski definition) is 3. The number of benzene rings is 1. The van der Waals surface area contributed by atoms with Gasteiger partial charge in [0.25, 0.3) is 5.91 Å². The monoisotopic (exact) mass is 605 g/mol. The molecule has 44 heavy (non-hydrogen) atoms. The fraction of sp³-hybridized carbons (Fsp3) is 0.485. The normalized spacial score (nSPS) is 26.9. The Balaban J connectivity index is 1.74. The fourth-order valence-corrected chi connectivity index (χ4v) is 5.36. The molecule has 3 amide bonds. The summed E-state index contributed by atoms with van der Waals surface area (Å²) in [4.78, 5) is 58.3. The number of hydrogen-bond acceptors (Lipinski definition) is 8. The van der Waals surface area contributed by atoms with Crippen LogP contribution in [0.3, 0.4) is 0 Å². The summed E-state index contributed by atoms with van der Waals surface area (Å²) >= 11 is 0. The maximum Gasteiger partial charge on any atom is 0.325 e. The molecule has 2 aliphatic rings. The third kappa shape index (κ3) is 7.82. The summed E-state index contributed by atoms with van der Waals surface area (Å²) in [6, 6.07) is 6.92. The zero-order valence-corrected chi connectivity index (χ0v) is 26.3. The maximum absolute atomic E-state index is 13.7. The first-order chi connectivity index (χ1) is 20.8. The first-order valence-electron chi connectivity index (χ1n) is 15.1. The van der Waals surface area contributed by atoms with Gasteiger partial charge in [-0.3, -0.25) is 24.2 Å². The highest BCUT2D eigenvalue weighted by molar-refractivity contribution is 5.93. The highest BCUT2D eigenvalue weighted by Crippen LogP contribution is 2.23. The van der Waals surface area contributed by atoms with Crippen molar-refractivity contribution in [3.8, 4) is 0 Å². The van der Waals surface area contributed by atoms with Gasteiger partial charge in [-0.1, -0.05) is 50.8 Å². The Morgan fingerprint density at radius 3 is 2.50 bits per heavy atom. The van der Waals surface area contributed by atoms with Crippen molar-refractivity contribution in [2.45, 2.75) is 84.7 Å². The number of nitrogens with one attached hydrogen (secondary N) is 3. The van der Waals surface area contributed by atoms with Gasteiger partial charge in [0, 0.05) is 11.9 Å². The third-order valence-corrected chi connectivity index (χ3v) is 7.85. The Kier molecular flexibility index (Phi) is 10.4. The SMILES string of the molecule is C=C(C)O[C@@H](C)[C@H]1/C=C/c2ccc3ccc(nc3c2)[C@@H](C)OC(=O)[C@@H]2CCCN(N2)C(=O)[C@H](C)NC(=O)[C@H](C(C)C)NC1=O. The standard InChI is InChI=1S/C33H43N5O6/c1-18(2)29-31(40)34-20(5)32(41)38-16-8-9-27(37-38)33(42)44-22(7)26-15-13-24-12-10-23(17-28(24)35-26)11-14-25(30(39)36-29)21(6)43-19(3)4/h10-15,17-18,20-22,25,27,29,37H,3,8-9,16H2,1-2,4-7H3,(H,34,40)(H,36,39)/b14-11+/t20-,21-,22+,25+,27-,29-/m0/s1. The molecule has 6 atom stereocenters. The molecule has 3 N–H and O–H groups in total. The van der Waals surface area contributed by atoms with Gasteiger partial charge in [0.15, 0.2) is 0 Å². The smallest absolute Gasteiger partial charge is 0.325 e. The second-order valence-electron chi connectivity index (χ2n) is 12.0. The molecule has 2 aliphatic heterocycles. The molecule has 11 nitrogen and oxygen atoms in total. The summed E-state index contributed by atoms with van der Waals surface area (Å²) in [5.74, 6) is -2.38. The van der Waals surface area contributed by atoms with Crippen LogP contribution in [0.15, 0.2) is 48.7 Å². The van der Waals surface area contributed by atoms with Gasteiger partial charge >= 0.3 is 5.97 Å². The zero-order chi connectivity index (χ0) is 32.1. The van der Waals surface area contributed by atoms with E-state index >= 15 is 0 Å². The van der Waals surface area contributed by atoms with Crippen molar-refractivity contribution in [2.24, 2.45) is 11.8 Å². The van der Waals surface area contributed by atoms with E-state index < -0.39 is 59.9 Å². The minimum Gasteiger partial charge on any atom is -0.495 e. The van der Waals surface area contributed by atoms with Crippen molar-refractivity contribution in [1.29, 1.82) is 0 Å². The molecule has 11 heteroatoms. The average Bonchev–Trinajstić information content (AvgIpc) is 2.98. The number of amides is 3. The van der Waals surface area contributed by atoms with Gasteiger partial charge in [-0.25, -0.2) is 10.4 Å². The van der Waals surface area contributed by atoms with Crippen LogP contribution in [0.5, 0.6) is 0 Å². The van der Waals surface area contributed by atoms with Gasteiger partial charge in [-0.2, -0.15) is 0 Å². The molecule has 0 unspecified atom stereocenters. The molecular formula is C33H43N5O6. The lowest BCUT2D eigenvalue weighted by molar-refractivity contribution is -0.157. The second kappa shape index (κ2) is 14.0. The van der Waals surface area contributed by atoms with Crippen molar-refractivity contribution in [1.82, 2.24) is 26.1 Å². The van der Waals surface area contributed by atoms with Crippen LogP contribution in [0.4, 0.5) is 0 Å². The molecule has 0 spiro atoms. The Hall–Kier alpha value is -4.25. The largest absolute Gasteiger partial charge is 0.495 e. The van der Waals surface area contributed by atoms with Crippen molar-refractivity contribution in [2.75, 3.05) is 6.54 Å². The van der Waals surface area contributed by atoms with Gasteiger partial charge in [0.05, 0.1) is 22.9 Å². The number of aromatic nitrogens is 1. The number of carbonyl (C=O) groups is 4. The molecule has 1 fully saturated rings. The van der Waals surface area contributed by atoms with Crippen LogP contribution >= 0.6 is 0 Å². The first kappa shape index (κ1) is 32.7. The number of esters is 1. The molecule has 5 bridgehead atoms. The summed E-state index contributed by atoms with van der Waals surface area (Å²) in [6.45, 7) is 14.6. The molecule has 0 radical (unpaired) electrons. The Morgan fingerprint density at radius 2 is 1.80 bits per heavy atom. The van der Waals surface area contributed by atoms with Gasteiger partial charge in [0.2, 0.25) is 11.8 Å². The number of carbonyl (C=O) groups excluding carboxylic acids is 4. The minimum atomic E-state index is -0.917. The summed E-state index contributed by atoms with van der Waals surface area (Å²) in [6.07, 6.45) is 3.41. The van der Waals surface area contributed by atoms with E-state index in [0.717, 1.165) is 10.9 Å². The van der Waals surface area contributed by atoms with Gasteiger partial charge in [0.1, 0.15) is 30.3 Å². The number of allylic oxidation sites excluding steroid dienone is 1. The molecule has 2 aromatic rings. The first-order valence-corrected chi connectivity index (χ1v) is 15.1. The van der Waals surface area contributed by atoms with Crippen molar-refractivity contribution < 1.29 is 28.7 Å². The van der Waals surface area contributed by atoms with Crippen LogP contribution in [-0.2, 0) is 28.7 Å². The molecule has 0 saturated carbocycles. The molecule has 236 valence electrons. The summed E-state index contributed by atoms with van der Waals surface area (Å²) in [7, 11) is 0. The van der Waals surface area contributed by atoms with Gasteiger partial charge < -0.3 is 20.1 Å². The molecule has 3 heterocycles. The van der Waals surface area contributed by atoms with Gasteiger partial charge in [-0.15, -0.1) is 0 Å². The topological polar surface area (TPSA) is 139 Å². The van der Waals surface area contributed by atoms with E-state index in [1.807, 2.05) is 50.3 Å². The average molecular weight is 606 g/mol. The minimum absolute atomic E-state index is 0.278. The van der Waals surface area contributed by atoms with Crippen LogP contribution in [0, 0.1) is 11.8 Å². The van der Waals surface area contributed by atoms with Crippen LogP contribution < -0.4 is 16.1 Å². The summed E-state index contributed by atoms with van der Waals surface area (Å²) in [5, 5.41) is 7.88. The quantitative estimate of drug-likeness (QED) is 0.355. The number of pyridine rings is 1. The van der Waals surface area contributed by atoms with E-state index in [0.29, 0.717) is 36.4 Å². The van der Waals surface area contributed by atoms with Crippen LogP contribution in [0.2, 0.25) is 0 Å². The Bertz CT molecular complexity index is 1460. The maximum atomic E-state index is 13.7. The van der Waals surface area contributed by atoms with Crippen LogP contribution in [0.1, 0.15) is 71.7 Å². The van der Waals surface area contributed by atoms with Crippen LogP contribution in [0.25, 0.3) is 17.0 Å². The summed E-state index contributed by atoms with van der Waals surface area (Å²) in [5.41, 5.74) is 5.06. The van der Waals surface area contributed by atoms with E-state index in [1.54, 1.807) is 33.8 Å². The predicted octanol–water partition coefficient (Wildman–Crippen LogP) is 3.56. The lowest BCUT2D eigenvalue weighted by atomic mass is 9.97. The number of nitrogens with zero attached hydrogens (tertiary/aromatic N) is 2.